The lowest BCUT2D eigenvalue weighted by atomic mass is 9.91. The number of pyridine rings is 2. The quantitative estimate of drug-likeness (QED) is 0.180. The van der Waals surface area contributed by atoms with Crippen LogP contribution in [-0.2, 0) is 16.9 Å². The zero-order chi connectivity index (χ0) is 30.0. The SMILES string of the molecule is O=C(Nc1cccc(C(OC[C@@H]2CCCN2)(C(F)(F)F)C(F)(F)F)c1)c1cccnc1NCc1ccnc2[nH]ccc12. The first-order chi connectivity index (χ1) is 20.0. The summed E-state index contributed by atoms with van der Waals surface area (Å²) in [7, 11) is 0. The van der Waals surface area contributed by atoms with Crippen LogP contribution in [0.15, 0.2) is 67.1 Å². The van der Waals surface area contributed by atoms with Gasteiger partial charge in [-0.3, -0.25) is 4.79 Å². The fourth-order valence-corrected chi connectivity index (χ4v) is 4.95. The average molecular weight is 593 g/mol. The lowest BCUT2D eigenvalue weighted by Crippen LogP contribution is -2.57. The Morgan fingerprint density at radius 3 is 2.55 bits per heavy atom. The number of carbonyl (C=O) groups excluding carboxylic acids is 1. The Balaban J connectivity index is 1.39. The van der Waals surface area contributed by atoms with Crippen LogP contribution in [0.3, 0.4) is 0 Å². The number of alkyl halides is 6. The molecule has 3 aromatic heterocycles. The molecule has 4 N–H and O–H groups in total. The van der Waals surface area contributed by atoms with Crippen LogP contribution in [-0.4, -0.2) is 52.4 Å². The average Bonchev–Trinajstić information content (AvgIpc) is 3.64. The number of H-pyrrole nitrogens is 1. The number of carbonyl (C=O) groups is 1. The molecule has 1 aliphatic heterocycles. The Bertz CT molecular complexity index is 1530. The van der Waals surface area contributed by atoms with Crippen LogP contribution < -0.4 is 16.0 Å². The van der Waals surface area contributed by atoms with Crippen molar-refractivity contribution < 1.29 is 35.9 Å². The largest absolute Gasteiger partial charge is 0.430 e. The number of aromatic nitrogens is 3. The van der Waals surface area contributed by atoms with E-state index in [4.69, 9.17) is 4.74 Å². The van der Waals surface area contributed by atoms with Crippen molar-refractivity contribution in [3.05, 3.63) is 83.8 Å². The Kier molecular flexibility index (Phi) is 8.10. The summed E-state index contributed by atoms with van der Waals surface area (Å²) in [6.45, 7) is -0.0613. The van der Waals surface area contributed by atoms with Gasteiger partial charge < -0.3 is 25.7 Å². The van der Waals surface area contributed by atoms with E-state index < -0.39 is 42.1 Å². The number of fused-ring (bicyclic) bond motifs is 1. The second kappa shape index (κ2) is 11.6. The van der Waals surface area contributed by atoms with Gasteiger partial charge >= 0.3 is 12.4 Å². The van der Waals surface area contributed by atoms with Crippen molar-refractivity contribution in [2.24, 2.45) is 0 Å². The summed E-state index contributed by atoms with van der Waals surface area (Å²) in [5.41, 5.74) is -4.52. The highest BCUT2D eigenvalue weighted by molar-refractivity contribution is 6.07. The molecule has 1 aliphatic rings. The minimum absolute atomic E-state index is 0.0312. The van der Waals surface area contributed by atoms with Crippen molar-refractivity contribution in [2.45, 2.75) is 43.4 Å². The van der Waals surface area contributed by atoms with Crippen LogP contribution in [0.1, 0.15) is 34.3 Å². The molecular weight excluding hydrogens is 566 g/mol. The highest BCUT2D eigenvalue weighted by Gasteiger charge is 2.73. The summed E-state index contributed by atoms with van der Waals surface area (Å²) in [4.78, 5) is 24.6. The first kappa shape index (κ1) is 29.3. The molecule has 5 rings (SSSR count). The third-order valence-corrected chi connectivity index (χ3v) is 7.04. The van der Waals surface area contributed by atoms with Gasteiger partial charge in [0.1, 0.15) is 11.5 Å². The van der Waals surface area contributed by atoms with Gasteiger partial charge in [-0.2, -0.15) is 26.3 Å². The number of anilines is 2. The minimum Gasteiger partial charge on any atom is -0.365 e. The van der Waals surface area contributed by atoms with Crippen LogP contribution in [0.25, 0.3) is 11.0 Å². The molecule has 0 bridgehead atoms. The number of amides is 1. The van der Waals surface area contributed by atoms with Crippen molar-refractivity contribution in [3.8, 4) is 0 Å². The molecule has 14 heteroatoms. The van der Waals surface area contributed by atoms with E-state index in [1.165, 1.54) is 24.4 Å². The summed E-state index contributed by atoms with van der Waals surface area (Å²) in [6.07, 6.45) is -5.89. The molecule has 222 valence electrons. The number of nitrogens with one attached hydrogen (secondary N) is 4. The van der Waals surface area contributed by atoms with Crippen LogP contribution in [0.4, 0.5) is 37.8 Å². The number of ether oxygens (including phenoxy) is 1. The third-order valence-electron chi connectivity index (χ3n) is 7.04. The highest BCUT2D eigenvalue weighted by atomic mass is 19.4. The van der Waals surface area contributed by atoms with Crippen molar-refractivity contribution in [3.63, 3.8) is 0 Å². The highest BCUT2D eigenvalue weighted by Crippen LogP contribution is 2.53. The van der Waals surface area contributed by atoms with Crippen molar-refractivity contribution in [1.82, 2.24) is 20.3 Å². The molecule has 4 heterocycles. The molecule has 1 fully saturated rings. The Morgan fingerprint density at radius 1 is 1.00 bits per heavy atom. The lowest BCUT2D eigenvalue weighted by molar-refractivity contribution is -0.390. The molecule has 8 nitrogen and oxygen atoms in total. The Labute approximate surface area is 235 Å². The van der Waals surface area contributed by atoms with Crippen LogP contribution >= 0.6 is 0 Å². The monoisotopic (exact) mass is 592 g/mol. The molecule has 0 saturated carbocycles. The molecule has 0 unspecified atom stereocenters. The molecule has 1 aromatic carbocycles. The van der Waals surface area contributed by atoms with Gasteiger partial charge in [0.2, 0.25) is 0 Å². The zero-order valence-electron chi connectivity index (χ0n) is 21.9. The van der Waals surface area contributed by atoms with E-state index in [-0.39, 0.29) is 23.6 Å². The van der Waals surface area contributed by atoms with E-state index in [9.17, 15) is 31.1 Å². The van der Waals surface area contributed by atoms with Crippen LogP contribution in [0.2, 0.25) is 0 Å². The first-order valence-electron chi connectivity index (χ1n) is 13.0. The van der Waals surface area contributed by atoms with Crippen LogP contribution in [0, 0.1) is 0 Å². The van der Waals surface area contributed by atoms with Gasteiger partial charge in [-0.05, 0) is 61.3 Å². The normalized spacial score (nSPS) is 16.1. The van der Waals surface area contributed by atoms with E-state index >= 15 is 0 Å². The number of benzene rings is 1. The smallest absolute Gasteiger partial charge is 0.365 e. The van der Waals surface area contributed by atoms with Crippen molar-refractivity contribution in [2.75, 3.05) is 23.8 Å². The standard InChI is InChI=1S/C28H26F6N6O2/c29-27(30,31)26(28(32,33)34,42-16-20-6-2-10-35-20)18-4-1-5-19(14-18)40-25(41)22-7-3-11-36-24(22)39-15-17-8-12-37-23-21(17)9-13-38-23/h1,3-5,7-9,11-14,20,35H,2,6,10,15-16H2,(H,36,39)(H,37,38)(H,40,41)/t20-/m0/s1. The molecule has 1 atom stereocenters. The van der Waals surface area contributed by atoms with Gasteiger partial charge in [0.15, 0.2) is 0 Å². The van der Waals surface area contributed by atoms with E-state index in [2.05, 4.69) is 30.9 Å². The van der Waals surface area contributed by atoms with Gasteiger partial charge in [-0.1, -0.05) is 12.1 Å². The number of rotatable bonds is 9. The van der Waals surface area contributed by atoms with Crippen LogP contribution in [0.5, 0.6) is 0 Å². The van der Waals surface area contributed by atoms with Gasteiger partial charge in [0.05, 0.1) is 12.2 Å². The third kappa shape index (κ3) is 5.77. The second-order valence-corrected chi connectivity index (χ2v) is 9.78. The second-order valence-electron chi connectivity index (χ2n) is 9.78. The summed E-state index contributed by atoms with van der Waals surface area (Å²) in [5.74, 6) is -0.621. The Hall–Kier alpha value is -4.17. The lowest BCUT2D eigenvalue weighted by Gasteiger charge is -2.38. The number of halogens is 6. The predicted octanol–water partition coefficient (Wildman–Crippen LogP) is 5.91. The molecule has 0 aliphatic carbocycles. The number of hydrogen-bond donors (Lipinski definition) is 4. The maximum absolute atomic E-state index is 14.3. The molecule has 1 amide bonds. The molecule has 42 heavy (non-hydrogen) atoms. The van der Waals surface area contributed by atoms with E-state index in [0.717, 1.165) is 17.0 Å². The maximum Gasteiger partial charge on any atom is 0.430 e. The Morgan fingerprint density at radius 2 is 1.81 bits per heavy atom. The fraction of sp³-hybridized carbons (Fsp3) is 0.321. The minimum atomic E-state index is -5.84. The number of hydrogen-bond acceptors (Lipinski definition) is 6. The van der Waals surface area contributed by atoms with Gasteiger partial charge in [0.25, 0.3) is 11.5 Å². The first-order valence-corrected chi connectivity index (χ1v) is 13.0. The maximum atomic E-state index is 14.3. The van der Waals surface area contributed by atoms with Crippen molar-refractivity contribution >= 4 is 28.4 Å². The number of aromatic amines is 1. The zero-order valence-corrected chi connectivity index (χ0v) is 21.9. The predicted molar refractivity (Wildman–Crippen MR) is 143 cm³/mol. The summed E-state index contributed by atoms with van der Waals surface area (Å²) in [5, 5.41) is 9.15. The van der Waals surface area contributed by atoms with E-state index in [0.29, 0.717) is 37.2 Å². The van der Waals surface area contributed by atoms with Gasteiger partial charge in [-0.15, -0.1) is 0 Å². The molecule has 0 radical (unpaired) electrons. The van der Waals surface area contributed by atoms with Gasteiger partial charge in [0, 0.05) is 47.8 Å². The summed E-state index contributed by atoms with van der Waals surface area (Å²) < 4.78 is 90.4. The van der Waals surface area contributed by atoms with Gasteiger partial charge in [-0.25, -0.2) is 9.97 Å². The topological polar surface area (TPSA) is 104 Å². The van der Waals surface area contributed by atoms with E-state index in [1.54, 1.807) is 18.5 Å². The molecule has 1 saturated heterocycles. The molecular formula is C28H26F6N6O2. The molecule has 0 spiro atoms. The fourth-order valence-electron chi connectivity index (χ4n) is 4.95. The molecule has 4 aromatic rings. The summed E-state index contributed by atoms with van der Waals surface area (Å²) >= 11 is 0. The number of nitrogens with zero attached hydrogens (tertiary/aromatic N) is 2. The van der Waals surface area contributed by atoms with E-state index in [1.807, 2.05) is 6.07 Å². The van der Waals surface area contributed by atoms with Crippen molar-refractivity contribution in [1.29, 1.82) is 0 Å². The summed E-state index contributed by atoms with van der Waals surface area (Å²) in [6, 6.07) is 9.41.